The molecule has 4 nitrogen and oxygen atoms in total. The number of carbonyl (C=O) groups excluding carboxylic acids is 1. The minimum Gasteiger partial charge on any atom is -0.450 e. The van der Waals surface area contributed by atoms with Gasteiger partial charge in [0.25, 0.3) is 0 Å². The summed E-state index contributed by atoms with van der Waals surface area (Å²) < 4.78 is 4.86. The molecule has 0 heterocycles. The summed E-state index contributed by atoms with van der Waals surface area (Å²) in [6.07, 6.45) is 3.69. The van der Waals surface area contributed by atoms with Crippen molar-refractivity contribution in [1.29, 1.82) is 0 Å². The number of hydrogen-bond acceptors (Lipinski definition) is 3. The van der Waals surface area contributed by atoms with Crippen molar-refractivity contribution in [2.45, 2.75) is 13.3 Å². The predicted octanol–water partition coefficient (Wildman–Crippen LogP) is 3.51. The molecular weight excluding hydrogens is 252 g/mol. The van der Waals surface area contributed by atoms with Crippen LogP contribution >= 0.6 is 0 Å². The number of benzene rings is 1. The third-order valence-corrected chi connectivity index (χ3v) is 2.31. The fourth-order valence-electron chi connectivity index (χ4n) is 1.21. The maximum absolute atomic E-state index is 10.7. The minimum atomic E-state index is -0.379. The molecule has 0 fully saturated rings. The largest absolute Gasteiger partial charge is 0.450 e. The van der Waals surface area contributed by atoms with E-state index in [2.05, 4.69) is 42.8 Å². The van der Waals surface area contributed by atoms with Gasteiger partial charge in [0.05, 0.1) is 6.61 Å². The van der Waals surface area contributed by atoms with Crippen molar-refractivity contribution in [2.24, 2.45) is 0 Å². The molecule has 110 valence electrons. The molecule has 0 bridgehead atoms. The van der Waals surface area contributed by atoms with E-state index in [4.69, 9.17) is 4.74 Å². The van der Waals surface area contributed by atoms with E-state index in [1.54, 1.807) is 19.2 Å². The molecule has 1 aromatic carbocycles. The van der Waals surface area contributed by atoms with E-state index in [0.717, 1.165) is 18.7 Å². The van der Waals surface area contributed by atoms with E-state index >= 15 is 0 Å². The number of allylic oxidation sites excluding steroid dienone is 2. The fraction of sp³-hybridized carbons (Fsp3) is 0.312. The molecule has 0 aromatic heterocycles. The topological polar surface area (TPSA) is 50.4 Å². The Kier molecular flexibility index (Phi) is 10.5. The van der Waals surface area contributed by atoms with Gasteiger partial charge in [-0.2, -0.15) is 0 Å². The highest BCUT2D eigenvalue weighted by Gasteiger charge is 1.96. The second kappa shape index (κ2) is 11.8. The first-order valence-corrected chi connectivity index (χ1v) is 6.52. The van der Waals surface area contributed by atoms with Gasteiger partial charge in [0, 0.05) is 19.3 Å². The van der Waals surface area contributed by atoms with E-state index in [1.807, 2.05) is 12.1 Å². The molecule has 0 aliphatic carbocycles. The van der Waals surface area contributed by atoms with Crippen LogP contribution in [0.2, 0.25) is 0 Å². The lowest BCUT2D eigenvalue weighted by molar-refractivity contribution is 0.148. The van der Waals surface area contributed by atoms with Crippen LogP contribution < -0.4 is 10.6 Å². The van der Waals surface area contributed by atoms with Crippen molar-refractivity contribution in [2.75, 3.05) is 25.5 Å². The summed E-state index contributed by atoms with van der Waals surface area (Å²) in [7, 11) is 1.55. The zero-order valence-electron chi connectivity index (χ0n) is 12.3. The average molecular weight is 276 g/mol. The molecular formula is C16H24N2O2. The maximum Gasteiger partial charge on any atom is 0.406 e. The summed E-state index contributed by atoms with van der Waals surface area (Å²) in [5.74, 6) is 0. The SMILES string of the molecule is C=CC=C.CNC(=O)OCCCNc1ccc(C)cc1. The van der Waals surface area contributed by atoms with Gasteiger partial charge >= 0.3 is 6.09 Å². The number of amides is 1. The molecule has 0 unspecified atom stereocenters. The monoisotopic (exact) mass is 276 g/mol. The second-order valence-corrected chi connectivity index (χ2v) is 4.00. The lowest BCUT2D eigenvalue weighted by Gasteiger charge is -2.07. The highest BCUT2D eigenvalue weighted by atomic mass is 16.5. The molecule has 20 heavy (non-hydrogen) atoms. The number of aryl methyl sites for hydroxylation is 1. The first kappa shape index (κ1) is 17.8. The van der Waals surface area contributed by atoms with Crippen molar-refractivity contribution < 1.29 is 9.53 Å². The fourth-order valence-corrected chi connectivity index (χ4v) is 1.21. The van der Waals surface area contributed by atoms with Gasteiger partial charge in [-0.05, 0) is 25.5 Å². The molecule has 4 heteroatoms. The Hall–Kier alpha value is -2.23. The summed E-state index contributed by atoms with van der Waals surface area (Å²) in [5.41, 5.74) is 2.33. The Morgan fingerprint density at radius 1 is 1.25 bits per heavy atom. The summed E-state index contributed by atoms with van der Waals surface area (Å²) in [6.45, 7) is 10.00. The van der Waals surface area contributed by atoms with Crippen LogP contribution in [0.3, 0.4) is 0 Å². The molecule has 0 saturated carbocycles. The Morgan fingerprint density at radius 3 is 2.35 bits per heavy atom. The molecule has 0 radical (unpaired) electrons. The van der Waals surface area contributed by atoms with Crippen molar-refractivity contribution in [1.82, 2.24) is 5.32 Å². The Morgan fingerprint density at radius 2 is 1.85 bits per heavy atom. The van der Waals surface area contributed by atoms with Crippen molar-refractivity contribution in [3.8, 4) is 0 Å². The minimum absolute atomic E-state index is 0.379. The lowest BCUT2D eigenvalue weighted by Crippen LogP contribution is -2.20. The van der Waals surface area contributed by atoms with Crippen molar-refractivity contribution >= 4 is 11.8 Å². The van der Waals surface area contributed by atoms with Gasteiger partial charge in [-0.15, -0.1) is 0 Å². The van der Waals surface area contributed by atoms with Gasteiger partial charge in [0.15, 0.2) is 0 Å². The Labute approximate surface area is 121 Å². The molecule has 1 amide bonds. The summed E-state index contributed by atoms with van der Waals surface area (Å²) in [5, 5.41) is 5.65. The quantitative estimate of drug-likeness (QED) is 0.617. The number of hydrogen-bond donors (Lipinski definition) is 2. The Bertz CT molecular complexity index is 393. The van der Waals surface area contributed by atoms with Gasteiger partial charge in [-0.25, -0.2) is 4.79 Å². The van der Waals surface area contributed by atoms with Gasteiger partial charge in [-0.3, -0.25) is 0 Å². The Balaban J connectivity index is 0.000000796. The summed E-state index contributed by atoms with van der Waals surface area (Å²) >= 11 is 0. The molecule has 0 spiro atoms. The number of carbonyl (C=O) groups is 1. The highest BCUT2D eigenvalue weighted by molar-refractivity contribution is 5.66. The smallest absolute Gasteiger partial charge is 0.406 e. The number of alkyl carbamates (subject to hydrolysis) is 1. The number of anilines is 1. The van der Waals surface area contributed by atoms with Crippen LogP contribution in [0.15, 0.2) is 49.6 Å². The predicted molar refractivity (Wildman–Crippen MR) is 85.1 cm³/mol. The molecule has 0 aliphatic heterocycles. The number of rotatable bonds is 6. The van der Waals surface area contributed by atoms with E-state index in [9.17, 15) is 4.79 Å². The van der Waals surface area contributed by atoms with Crippen LogP contribution in [0.1, 0.15) is 12.0 Å². The van der Waals surface area contributed by atoms with Gasteiger partial charge in [0.2, 0.25) is 0 Å². The van der Waals surface area contributed by atoms with Crippen LogP contribution in [0.25, 0.3) is 0 Å². The lowest BCUT2D eigenvalue weighted by atomic mass is 10.2. The van der Waals surface area contributed by atoms with Crippen LogP contribution in [0.5, 0.6) is 0 Å². The standard InChI is InChI=1S/C12H18N2O2.C4H6/c1-10-4-6-11(7-5-10)14-8-3-9-16-12(15)13-2;1-3-4-2/h4-7,14H,3,8-9H2,1-2H3,(H,13,15);3-4H,1-2H2. The number of ether oxygens (including phenoxy) is 1. The van der Waals surface area contributed by atoms with Crippen molar-refractivity contribution in [3.05, 3.63) is 55.1 Å². The summed E-state index contributed by atoms with van der Waals surface area (Å²) in [6, 6.07) is 8.19. The van der Waals surface area contributed by atoms with Crippen molar-refractivity contribution in [3.63, 3.8) is 0 Å². The van der Waals surface area contributed by atoms with Crippen LogP contribution in [0.4, 0.5) is 10.5 Å². The van der Waals surface area contributed by atoms with Gasteiger partial charge < -0.3 is 15.4 Å². The maximum atomic E-state index is 10.7. The first-order chi connectivity index (χ1) is 9.63. The zero-order valence-corrected chi connectivity index (χ0v) is 12.3. The molecule has 0 saturated heterocycles. The van der Waals surface area contributed by atoms with Crippen LogP contribution in [0, 0.1) is 6.92 Å². The zero-order chi connectivity index (χ0) is 15.2. The van der Waals surface area contributed by atoms with Crippen LogP contribution in [-0.2, 0) is 4.74 Å². The highest BCUT2D eigenvalue weighted by Crippen LogP contribution is 2.08. The summed E-state index contributed by atoms with van der Waals surface area (Å²) in [4.78, 5) is 10.7. The normalized spacial score (nSPS) is 8.70. The van der Waals surface area contributed by atoms with Gasteiger partial charge in [-0.1, -0.05) is 43.0 Å². The molecule has 0 aliphatic rings. The number of nitrogens with one attached hydrogen (secondary N) is 2. The third kappa shape index (κ3) is 9.76. The average Bonchev–Trinajstić information content (AvgIpc) is 2.48. The second-order valence-electron chi connectivity index (χ2n) is 4.00. The van der Waals surface area contributed by atoms with E-state index in [0.29, 0.717) is 6.61 Å². The van der Waals surface area contributed by atoms with Gasteiger partial charge in [0.1, 0.15) is 0 Å². The molecule has 0 atom stereocenters. The van der Waals surface area contributed by atoms with E-state index < -0.39 is 0 Å². The third-order valence-electron chi connectivity index (χ3n) is 2.31. The first-order valence-electron chi connectivity index (χ1n) is 6.52. The van der Waals surface area contributed by atoms with E-state index in [1.165, 1.54) is 5.56 Å². The molecule has 2 N–H and O–H groups in total. The van der Waals surface area contributed by atoms with Crippen LogP contribution in [-0.4, -0.2) is 26.3 Å². The molecule has 1 rings (SSSR count). The molecule has 1 aromatic rings. The van der Waals surface area contributed by atoms with E-state index in [-0.39, 0.29) is 6.09 Å².